The number of aromatic nitrogens is 4. The highest BCUT2D eigenvalue weighted by Crippen LogP contribution is 2.43. The van der Waals surface area contributed by atoms with Crippen LogP contribution in [0, 0.1) is 11.3 Å². The molecule has 5 N–H and O–H groups in total. The minimum absolute atomic E-state index is 0.162. The van der Waals surface area contributed by atoms with E-state index in [9.17, 15) is 0 Å². The van der Waals surface area contributed by atoms with Crippen molar-refractivity contribution in [3.8, 4) is 22.4 Å². The molecule has 238 valence electrons. The molecular weight excluding hydrogens is 560 g/mol. The van der Waals surface area contributed by atoms with Crippen molar-refractivity contribution >= 4 is 6.02 Å². The lowest BCUT2D eigenvalue weighted by molar-refractivity contribution is 0.158. The Kier molecular flexibility index (Phi) is 12.1. The maximum atomic E-state index is 5.68. The normalized spacial score (nSPS) is 18.8. The van der Waals surface area contributed by atoms with Gasteiger partial charge in [-0.25, -0.2) is 15.0 Å². The molecule has 0 radical (unpaired) electrons. The summed E-state index contributed by atoms with van der Waals surface area (Å²) in [5, 5.41) is 3.42. The van der Waals surface area contributed by atoms with Gasteiger partial charge in [0.15, 0.2) is 0 Å². The lowest BCUT2D eigenvalue weighted by Gasteiger charge is -2.42. The van der Waals surface area contributed by atoms with E-state index in [-0.39, 0.29) is 12.1 Å². The molecule has 9 nitrogen and oxygen atoms in total. The van der Waals surface area contributed by atoms with Crippen molar-refractivity contribution in [2.45, 2.75) is 58.4 Å². The van der Waals surface area contributed by atoms with Crippen LogP contribution in [0.3, 0.4) is 0 Å². The van der Waals surface area contributed by atoms with Crippen LogP contribution in [0.2, 0.25) is 0 Å². The van der Waals surface area contributed by atoms with Crippen LogP contribution in [0.5, 0.6) is 0 Å². The van der Waals surface area contributed by atoms with E-state index in [1.165, 1.54) is 41.3 Å². The number of ether oxygens (including phenoxy) is 1. The number of rotatable bonds is 6. The van der Waals surface area contributed by atoms with Crippen LogP contribution < -0.4 is 16.8 Å². The zero-order chi connectivity index (χ0) is 32.2. The Morgan fingerprint density at radius 1 is 0.978 bits per heavy atom. The topological polar surface area (TPSA) is 137 Å². The fourth-order valence-corrected chi connectivity index (χ4v) is 6.60. The fraction of sp³-hybridized carbons (Fsp3) is 0.417. The van der Waals surface area contributed by atoms with E-state index in [0.29, 0.717) is 11.3 Å². The highest BCUT2D eigenvalue weighted by atomic mass is 16.5. The second kappa shape index (κ2) is 16.2. The third kappa shape index (κ3) is 8.09. The fourth-order valence-electron chi connectivity index (χ4n) is 6.60. The number of amidine groups is 1. The molecule has 2 aliphatic carbocycles. The van der Waals surface area contributed by atoms with Crippen LogP contribution in [0.15, 0.2) is 78.7 Å². The molecule has 45 heavy (non-hydrogen) atoms. The van der Waals surface area contributed by atoms with Gasteiger partial charge in [-0.3, -0.25) is 9.97 Å². The summed E-state index contributed by atoms with van der Waals surface area (Å²) in [6.45, 7) is 5.79. The number of nitrogens with zero attached hydrogens (tertiary/aromatic N) is 5. The average molecular weight is 609 g/mol. The van der Waals surface area contributed by atoms with E-state index in [1.54, 1.807) is 32.0 Å². The molecule has 2 atom stereocenters. The van der Waals surface area contributed by atoms with Crippen molar-refractivity contribution < 1.29 is 4.74 Å². The Morgan fingerprint density at radius 2 is 1.69 bits per heavy atom. The standard InChI is InChI=1S/C19H25N3.C16H18N4O.CH5N/c1-14(2)19(12-20-3)8-7-15-5-4-6-17(18(15)9-19)16-10-21-13-22-11-16;1-21-16(17)20-12-6-5-11-3-2-4-13(14(11)9-12)15-10-18-7-8-19-15;1-2/h4-6,10-11,13-14,20H,7-9,12H2,1-3H3;2-4,7-8,10,12H,5-6,9H2,1H3,(H2,17,20);2H2,1H3. The number of hydrogen-bond acceptors (Lipinski definition) is 8. The second-order valence-electron chi connectivity index (χ2n) is 11.9. The summed E-state index contributed by atoms with van der Waals surface area (Å²) in [6, 6.07) is 13.4. The smallest absolute Gasteiger partial charge is 0.281 e. The lowest BCUT2D eigenvalue weighted by Crippen LogP contribution is -2.42. The molecule has 2 aromatic heterocycles. The molecule has 0 fully saturated rings. The first-order valence-electron chi connectivity index (χ1n) is 15.8. The Bertz CT molecular complexity index is 1530. The van der Waals surface area contributed by atoms with Crippen molar-refractivity contribution in [1.82, 2.24) is 25.3 Å². The second-order valence-corrected chi connectivity index (χ2v) is 11.9. The molecule has 9 heteroatoms. The van der Waals surface area contributed by atoms with Gasteiger partial charge >= 0.3 is 0 Å². The molecule has 0 saturated carbocycles. The van der Waals surface area contributed by atoms with Gasteiger partial charge in [0.25, 0.3) is 6.02 Å². The van der Waals surface area contributed by atoms with Crippen molar-refractivity contribution in [1.29, 1.82) is 0 Å². The van der Waals surface area contributed by atoms with Gasteiger partial charge in [-0.15, -0.1) is 0 Å². The van der Waals surface area contributed by atoms with Crippen molar-refractivity contribution in [3.63, 3.8) is 0 Å². The van der Waals surface area contributed by atoms with E-state index < -0.39 is 0 Å². The Morgan fingerprint density at radius 3 is 2.33 bits per heavy atom. The first-order valence-corrected chi connectivity index (χ1v) is 15.8. The van der Waals surface area contributed by atoms with Crippen LogP contribution in [-0.4, -0.2) is 59.7 Å². The molecule has 0 amide bonds. The lowest BCUT2D eigenvalue weighted by atomic mass is 9.64. The van der Waals surface area contributed by atoms with Gasteiger partial charge in [-0.1, -0.05) is 50.2 Å². The number of nitrogens with one attached hydrogen (secondary N) is 1. The zero-order valence-electron chi connectivity index (χ0n) is 27.3. The minimum atomic E-state index is 0.162. The van der Waals surface area contributed by atoms with E-state index >= 15 is 0 Å². The number of benzene rings is 2. The van der Waals surface area contributed by atoms with Gasteiger partial charge in [0, 0.05) is 42.5 Å². The van der Waals surface area contributed by atoms with Crippen LogP contribution >= 0.6 is 0 Å². The molecule has 0 aliphatic heterocycles. The molecule has 0 spiro atoms. The van der Waals surface area contributed by atoms with Crippen LogP contribution in [0.25, 0.3) is 22.4 Å². The molecule has 2 heterocycles. The summed E-state index contributed by atoms with van der Waals surface area (Å²) in [6.07, 6.45) is 17.0. The molecule has 2 aliphatic rings. The van der Waals surface area contributed by atoms with Gasteiger partial charge in [0.1, 0.15) is 6.33 Å². The van der Waals surface area contributed by atoms with E-state index in [1.807, 2.05) is 12.4 Å². The largest absolute Gasteiger partial charge is 0.469 e. The summed E-state index contributed by atoms with van der Waals surface area (Å²) >= 11 is 0. The first kappa shape index (κ1) is 33.7. The quantitative estimate of drug-likeness (QED) is 0.205. The number of nitrogens with two attached hydrogens (primary N) is 2. The summed E-state index contributed by atoms with van der Waals surface area (Å²) in [4.78, 5) is 21.4. The number of aryl methyl sites for hydroxylation is 2. The number of aliphatic imine (C=N–C) groups is 1. The molecule has 6 rings (SSSR count). The summed E-state index contributed by atoms with van der Waals surface area (Å²) in [7, 11) is 5.11. The number of hydrogen-bond donors (Lipinski definition) is 3. The zero-order valence-corrected chi connectivity index (χ0v) is 27.3. The molecule has 2 unspecified atom stereocenters. The molecule has 0 saturated heterocycles. The van der Waals surface area contributed by atoms with Crippen LogP contribution in [0.1, 0.15) is 48.9 Å². The third-order valence-electron chi connectivity index (χ3n) is 9.14. The molecule has 4 aromatic rings. The van der Waals surface area contributed by atoms with Crippen LogP contribution in [-0.2, 0) is 30.4 Å². The van der Waals surface area contributed by atoms with Crippen LogP contribution in [0.4, 0.5) is 0 Å². The SMILES string of the molecule is CN.CNCC1(C(C)C)CCc2cccc(-c3cncnc3)c2C1.COC(N)=NC1CCc2cccc(-c3cnccn3)c2C1. The molecule has 0 bridgehead atoms. The van der Waals surface area contributed by atoms with Crippen molar-refractivity contribution in [2.24, 2.45) is 27.8 Å². The number of fused-ring (bicyclic) bond motifs is 2. The first-order chi connectivity index (χ1) is 21.9. The predicted molar refractivity (Wildman–Crippen MR) is 183 cm³/mol. The van der Waals surface area contributed by atoms with Gasteiger partial charge < -0.3 is 21.5 Å². The monoisotopic (exact) mass is 608 g/mol. The Hall–Kier alpha value is -4.21. The van der Waals surface area contributed by atoms with Gasteiger partial charge in [0.05, 0.1) is 25.0 Å². The summed E-state index contributed by atoms with van der Waals surface area (Å²) in [5.74, 6) is 0.660. The van der Waals surface area contributed by atoms with Gasteiger partial charge in [0.2, 0.25) is 0 Å². The van der Waals surface area contributed by atoms with E-state index in [4.69, 9.17) is 10.5 Å². The summed E-state index contributed by atoms with van der Waals surface area (Å²) in [5.41, 5.74) is 20.6. The average Bonchev–Trinajstić information content (AvgIpc) is 3.09. The van der Waals surface area contributed by atoms with E-state index in [0.717, 1.165) is 55.5 Å². The van der Waals surface area contributed by atoms with Crippen molar-refractivity contribution in [2.75, 3.05) is 27.7 Å². The van der Waals surface area contributed by atoms with Gasteiger partial charge in [-0.2, -0.15) is 0 Å². The predicted octanol–water partition coefficient (Wildman–Crippen LogP) is 5.03. The third-order valence-corrected chi connectivity index (χ3v) is 9.14. The molecule has 2 aromatic carbocycles. The Balaban J connectivity index is 0.000000194. The maximum absolute atomic E-state index is 5.68. The summed E-state index contributed by atoms with van der Waals surface area (Å²) < 4.78 is 4.96. The van der Waals surface area contributed by atoms with Crippen molar-refractivity contribution in [3.05, 3.63) is 96.0 Å². The highest BCUT2D eigenvalue weighted by Gasteiger charge is 2.37. The van der Waals surface area contributed by atoms with Gasteiger partial charge in [-0.05, 0) is 91.8 Å². The molecular formula is C36H48N8O. The highest BCUT2D eigenvalue weighted by molar-refractivity contribution is 5.72. The Labute approximate surface area is 268 Å². The maximum Gasteiger partial charge on any atom is 0.281 e. The van der Waals surface area contributed by atoms with E-state index in [2.05, 4.69) is 93.3 Å². The number of methoxy groups -OCH3 is 1. The minimum Gasteiger partial charge on any atom is -0.469 e.